The molecule has 1 aliphatic heterocycles. The first-order valence-corrected chi connectivity index (χ1v) is 10.1. The smallest absolute Gasteiger partial charge is 0.275 e. The highest BCUT2D eigenvalue weighted by Crippen LogP contribution is 2.34. The SMILES string of the molecule is CC(C)[C@@H](NC(=O)C[NH2+][C@@H](C)c1ccccc1Cl)c1ccc2c(c1)OCCO2. The third-order valence-corrected chi connectivity index (χ3v) is 5.31. The van der Waals surface area contributed by atoms with Crippen LogP contribution >= 0.6 is 11.6 Å². The molecule has 0 unspecified atom stereocenters. The fourth-order valence-corrected chi connectivity index (χ4v) is 3.68. The Morgan fingerprint density at radius 3 is 2.54 bits per heavy atom. The number of hydrogen-bond donors (Lipinski definition) is 2. The molecule has 0 saturated heterocycles. The lowest BCUT2D eigenvalue weighted by Crippen LogP contribution is -2.87. The molecule has 2 atom stereocenters. The summed E-state index contributed by atoms with van der Waals surface area (Å²) >= 11 is 6.26. The van der Waals surface area contributed by atoms with Gasteiger partial charge in [0.15, 0.2) is 18.0 Å². The van der Waals surface area contributed by atoms with Crippen LogP contribution in [0.2, 0.25) is 5.02 Å². The van der Waals surface area contributed by atoms with Gasteiger partial charge in [0, 0.05) is 10.6 Å². The summed E-state index contributed by atoms with van der Waals surface area (Å²) in [5, 5.41) is 5.88. The van der Waals surface area contributed by atoms with E-state index in [0.717, 1.165) is 27.6 Å². The Kier molecular flexibility index (Phi) is 6.81. The molecule has 0 fully saturated rings. The third-order valence-electron chi connectivity index (χ3n) is 4.96. The number of hydrogen-bond acceptors (Lipinski definition) is 3. The van der Waals surface area contributed by atoms with E-state index < -0.39 is 0 Å². The highest BCUT2D eigenvalue weighted by atomic mass is 35.5. The van der Waals surface area contributed by atoms with Gasteiger partial charge in [-0.1, -0.05) is 49.7 Å². The molecular weight excluding hydrogens is 376 g/mol. The molecule has 0 spiro atoms. The van der Waals surface area contributed by atoms with Gasteiger partial charge < -0.3 is 20.1 Å². The summed E-state index contributed by atoms with van der Waals surface area (Å²) in [6.07, 6.45) is 0. The third kappa shape index (κ3) is 4.97. The van der Waals surface area contributed by atoms with E-state index in [-0.39, 0.29) is 23.9 Å². The largest absolute Gasteiger partial charge is 0.486 e. The van der Waals surface area contributed by atoms with Crippen molar-refractivity contribution < 1.29 is 19.6 Å². The number of carbonyl (C=O) groups excluding carboxylic acids is 1. The van der Waals surface area contributed by atoms with Crippen molar-refractivity contribution in [3.63, 3.8) is 0 Å². The molecular formula is C22H28ClN2O3+. The molecule has 0 bridgehead atoms. The first-order valence-electron chi connectivity index (χ1n) is 9.72. The van der Waals surface area contributed by atoms with Crippen LogP contribution in [0.5, 0.6) is 11.5 Å². The zero-order valence-electron chi connectivity index (χ0n) is 16.6. The summed E-state index contributed by atoms with van der Waals surface area (Å²) in [4.78, 5) is 12.6. The lowest BCUT2D eigenvalue weighted by Gasteiger charge is -2.25. The Balaban J connectivity index is 1.62. The van der Waals surface area contributed by atoms with Gasteiger partial charge in [0.05, 0.1) is 6.04 Å². The highest BCUT2D eigenvalue weighted by molar-refractivity contribution is 6.31. The van der Waals surface area contributed by atoms with Crippen molar-refractivity contribution >= 4 is 17.5 Å². The number of nitrogens with two attached hydrogens (primary N) is 1. The van der Waals surface area contributed by atoms with Gasteiger partial charge in [-0.3, -0.25) is 4.79 Å². The van der Waals surface area contributed by atoms with Crippen LogP contribution in [0.1, 0.15) is 44.0 Å². The van der Waals surface area contributed by atoms with Crippen molar-refractivity contribution in [1.29, 1.82) is 0 Å². The van der Waals surface area contributed by atoms with Crippen molar-refractivity contribution in [1.82, 2.24) is 5.32 Å². The molecule has 1 aliphatic rings. The maximum atomic E-state index is 12.6. The number of halogens is 1. The van der Waals surface area contributed by atoms with Gasteiger partial charge in [-0.25, -0.2) is 0 Å². The van der Waals surface area contributed by atoms with Gasteiger partial charge in [0.25, 0.3) is 5.91 Å². The first kappa shape index (κ1) is 20.5. The summed E-state index contributed by atoms with van der Waals surface area (Å²) < 4.78 is 11.3. The number of ether oxygens (including phenoxy) is 2. The molecule has 1 amide bonds. The number of nitrogens with one attached hydrogen (secondary N) is 1. The van der Waals surface area contributed by atoms with Crippen LogP contribution in [0.3, 0.4) is 0 Å². The number of carbonyl (C=O) groups is 1. The van der Waals surface area contributed by atoms with E-state index in [1.54, 1.807) is 0 Å². The van der Waals surface area contributed by atoms with Crippen molar-refractivity contribution in [2.45, 2.75) is 32.9 Å². The molecule has 6 heteroatoms. The monoisotopic (exact) mass is 403 g/mol. The molecule has 1 heterocycles. The van der Waals surface area contributed by atoms with E-state index in [1.165, 1.54) is 0 Å². The molecule has 28 heavy (non-hydrogen) atoms. The van der Waals surface area contributed by atoms with Gasteiger partial charge >= 0.3 is 0 Å². The van der Waals surface area contributed by atoms with Crippen molar-refractivity contribution in [2.24, 2.45) is 5.92 Å². The second kappa shape index (κ2) is 9.30. The van der Waals surface area contributed by atoms with Crippen LogP contribution in [0, 0.1) is 5.92 Å². The zero-order chi connectivity index (χ0) is 20.1. The fraction of sp³-hybridized carbons (Fsp3) is 0.409. The molecule has 0 radical (unpaired) electrons. The second-order valence-corrected chi connectivity index (χ2v) is 7.85. The zero-order valence-corrected chi connectivity index (χ0v) is 17.3. The molecule has 3 rings (SSSR count). The van der Waals surface area contributed by atoms with E-state index in [0.29, 0.717) is 19.8 Å². The quantitative estimate of drug-likeness (QED) is 0.745. The molecule has 150 valence electrons. The Morgan fingerprint density at radius 2 is 1.82 bits per heavy atom. The van der Waals surface area contributed by atoms with Gasteiger partial charge in [-0.05, 0) is 36.6 Å². The number of amides is 1. The molecule has 2 aromatic carbocycles. The van der Waals surface area contributed by atoms with Crippen LogP contribution in [0.25, 0.3) is 0 Å². The minimum Gasteiger partial charge on any atom is -0.486 e. The maximum absolute atomic E-state index is 12.6. The predicted molar refractivity (Wildman–Crippen MR) is 110 cm³/mol. The summed E-state index contributed by atoms with van der Waals surface area (Å²) in [5.74, 6) is 1.73. The Morgan fingerprint density at radius 1 is 1.11 bits per heavy atom. The van der Waals surface area contributed by atoms with Crippen molar-refractivity contribution in [2.75, 3.05) is 19.8 Å². The summed E-state index contributed by atoms with van der Waals surface area (Å²) in [6, 6.07) is 13.6. The molecule has 3 N–H and O–H groups in total. The van der Waals surface area contributed by atoms with E-state index in [4.69, 9.17) is 21.1 Å². The molecule has 0 aromatic heterocycles. The first-order chi connectivity index (χ1) is 13.5. The van der Waals surface area contributed by atoms with Crippen LogP contribution in [0.4, 0.5) is 0 Å². The minimum absolute atomic E-state index is 0.00695. The number of quaternary nitrogens is 1. The molecule has 0 saturated carbocycles. The Hall–Kier alpha value is -2.24. The Bertz CT molecular complexity index is 825. The lowest BCUT2D eigenvalue weighted by atomic mass is 9.95. The summed E-state index contributed by atoms with van der Waals surface area (Å²) in [6.45, 7) is 7.69. The van der Waals surface area contributed by atoms with Crippen LogP contribution in [-0.4, -0.2) is 25.7 Å². The standard InChI is InChI=1S/C22H27ClN2O3/c1-14(2)22(16-8-9-19-20(12-16)28-11-10-27-19)25-21(26)13-24-15(3)17-6-4-5-7-18(17)23/h4-9,12,14-15,22,24H,10-11,13H2,1-3H3,(H,25,26)/p+1/t15-,22+/m0/s1. The number of benzene rings is 2. The maximum Gasteiger partial charge on any atom is 0.275 e. The Labute approximate surface area is 171 Å². The van der Waals surface area contributed by atoms with E-state index in [1.807, 2.05) is 47.8 Å². The molecule has 5 nitrogen and oxygen atoms in total. The summed E-state index contributed by atoms with van der Waals surface area (Å²) in [7, 11) is 0. The van der Waals surface area contributed by atoms with Gasteiger partial charge in [0.1, 0.15) is 19.3 Å². The molecule has 0 aliphatic carbocycles. The van der Waals surface area contributed by atoms with E-state index >= 15 is 0 Å². The summed E-state index contributed by atoms with van der Waals surface area (Å²) in [5.41, 5.74) is 2.05. The topological polar surface area (TPSA) is 64.2 Å². The lowest BCUT2D eigenvalue weighted by molar-refractivity contribution is -0.682. The fourth-order valence-electron chi connectivity index (χ4n) is 3.38. The highest BCUT2D eigenvalue weighted by Gasteiger charge is 2.22. The average molecular weight is 404 g/mol. The van der Waals surface area contributed by atoms with Gasteiger partial charge in [-0.15, -0.1) is 0 Å². The van der Waals surface area contributed by atoms with E-state index in [2.05, 4.69) is 26.1 Å². The predicted octanol–water partition coefficient (Wildman–Crippen LogP) is 3.25. The van der Waals surface area contributed by atoms with Crippen LogP contribution in [-0.2, 0) is 4.79 Å². The van der Waals surface area contributed by atoms with E-state index in [9.17, 15) is 4.79 Å². The van der Waals surface area contributed by atoms with Gasteiger partial charge in [0.2, 0.25) is 0 Å². The second-order valence-electron chi connectivity index (χ2n) is 7.44. The molecule has 2 aromatic rings. The minimum atomic E-state index is -0.0904. The van der Waals surface area contributed by atoms with Crippen molar-refractivity contribution in [3.8, 4) is 11.5 Å². The van der Waals surface area contributed by atoms with Crippen molar-refractivity contribution in [3.05, 3.63) is 58.6 Å². The normalized spacial score (nSPS) is 15.2. The van der Waals surface area contributed by atoms with Crippen LogP contribution < -0.4 is 20.1 Å². The number of rotatable bonds is 7. The van der Waals surface area contributed by atoms with Gasteiger partial charge in [-0.2, -0.15) is 0 Å². The average Bonchev–Trinajstić information content (AvgIpc) is 2.70. The van der Waals surface area contributed by atoms with Crippen LogP contribution in [0.15, 0.2) is 42.5 Å². The number of fused-ring (bicyclic) bond motifs is 1.